The highest BCUT2D eigenvalue weighted by atomic mass is 32.2. The van der Waals surface area contributed by atoms with E-state index < -0.39 is 21.3 Å². The summed E-state index contributed by atoms with van der Waals surface area (Å²) in [4.78, 5) is 32.8. The lowest BCUT2D eigenvalue weighted by molar-refractivity contribution is 0.0144. The maximum Gasteiger partial charge on any atom is 0.410 e. The van der Waals surface area contributed by atoms with E-state index in [1.807, 2.05) is 20.8 Å². The first kappa shape index (κ1) is 24.0. The van der Waals surface area contributed by atoms with Crippen molar-refractivity contribution in [1.29, 1.82) is 0 Å². The molecule has 11 heteroatoms. The summed E-state index contributed by atoms with van der Waals surface area (Å²) in [5.74, 6) is -0.404. The van der Waals surface area contributed by atoms with Crippen LogP contribution in [0.15, 0.2) is 29.6 Å². The van der Waals surface area contributed by atoms with Gasteiger partial charge in [-0.3, -0.25) is 14.1 Å². The molecule has 3 heterocycles. The van der Waals surface area contributed by atoms with Crippen molar-refractivity contribution in [2.24, 2.45) is 0 Å². The van der Waals surface area contributed by atoms with Gasteiger partial charge in [0.1, 0.15) is 5.60 Å². The molecule has 2 aromatic rings. The van der Waals surface area contributed by atoms with E-state index in [4.69, 9.17) is 4.74 Å². The lowest BCUT2D eigenvalue weighted by atomic mass is 10.2. The van der Waals surface area contributed by atoms with Crippen LogP contribution in [-0.4, -0.2) is 90.7 Å². The molecule has 10 nitrogen and oxygen atoms in total. The number of fused-ring (bicyclic) bond motifs is 1. The van der Waals surface area contributed by atoms with Crippen LogP contribution in [0.3, 0.4) is 0 Å². The Labute approximate surface area is 188 Å². The Morgan fingerprint density at radius 2 is 1.84 bits per heavy atom. The van der Waals surface area contributed by atoms with Crippen LogP contribution in [0.2, 0.25) is 0 Å². The first-order chi connectivity index (χ1) is 15.0. The van der Waals surface area contributed by atoms with Crippen LogP contribution in [0.1, 0.15) is 37.7 Å². The Bertz CT molecular complexity index is 1080. The predicted molar refractivity (Wildman–Crippen MR) is 119 cm³/mol. The Balaban J connectivity index is 1.47. The number of carbonyl (C=O) groups is 2. The van der Waals surface area contributed by atoms with E-state index in [0.717, 1.165) is 32.3 Å². The van der Waals surface area contributed by atoms with Crippen LogP contribution in [0.4, 0.5) is 4.79 Å². The average Bonchev–Trinajstić information content (AvgIpc) is 3.10. The minimum atomic E-state index is -3.57. The first-order valence-electron chi connectivity index (χ1n) is 10.6. The third-order valence-electron chi connectivity index (χ3n) is 5.02. The van der Waals surface area contributed by atoms with Gasteiger partial charge < -0.3 is 15.0 Å². The lowest BCUT2D eigenvalue weighted by Crippen LogP contribution is -2.50. The minimum absolute atomic E-state index is 0.0944. The van der Waals surface area contributed by atoms with Crippen LogP contribution in [0.25, 0.3) is 5.52 Å². The van der Waals surface area contributed by atoms with Crippen LogP contribution in [0, 0.1) is 0 Å². The van der Waals surface area contributed by atoms with Gasteiger partial charge in [0.05, 0.1) is 5.52 Å². The van der Waals surface area contributed by atoms with Crippen LogP contribution in [0.5, 0.6) is 0 Å². The summed E-state index contributed by atoms with van der Waals surface area (Å²) in [5, 5.41) is 2.68. The van der Waals surface area contributed by atoms with Crippen molar-refractivity contribution in [3.8, 4) is 0 Å². The highest BCUT2D eigenvalue weighted by molar-refractivity contribution is 7.90. The monoisotopic (exact) mass is 465 g/mol. The predicted octanol–water partition coefficient (Wildman–Crippen LogP) is 1.41. The smallest absolute Gasteiger partial charge is 0.410 e. The summed E-state index contributed by atoms with van der Waals surface area (Å²) in [7, 11) is -3.57. The number of carbonyl (C=O) groups excluding carboxylic acids is 2. The summed E-state index contributed by atoms with van der Waals surface area (Å²) in [6.07, 6.45) is 3.08. The zero-order valence-electron chi connectivity index (χ0n) is 19.0. The molecule has 0 aliphatic carbocycles. The molecule has 1 saturated heterocycles. The van der Waals surface area contributed by atoms with Gasteiger partial charge in [0.25, 0.3) is 5.91 Å². The molecule has 2 amide bonds. The number of ether oxygens (including phenoxy) is 1. The number of sulfone groups is 1. The Hall–Kier alpha value is -2.66. The van der Waals surface area contributed by atoms with Crippen LogP contribution >= 0.6 is 0 Å². The number of rotatable bonds is 6. The standard InChI is InChI=1S/C21H31N5O5S/c1-21(2,3)31-20(28)25-14-12-24(13-15-25)10-7-9-22-18(27)17-16-8-5-6-11-26(16)19(23-17)32(4,29)30/h5-6,8,11H,7,9-10,12-15H2,1-4H3,(H,22,27). The molecule has 1 N–H and O–H groups in total. The fraction of sp³-hybridized carbons (Fsp3) is 0.571. The molecule has 2 aromatic heterocycles. The fourth-order valence-corrected chi connectivity index (χ4v) is 4.28. The number of hydrogen-bond donors (Lipinski definition) is 1. The second-order valence-corrected chi connectivity index (χ2v) is 10.8. The zero-order chi connectivity index (χ0) is 23.5. The number of pyridine rings is 1. The quantitative estimate of drug-likeness (QED) is 0.642. The summed E-state index contributed by atoms with van der Waals surface area (Å²) >= 11 is 0. The summed E-state index contributed by atoms with van der Waals surface area (Å²) in [6.45, 7) is 9.48. The lowest BCUT2D eigenvalue weighted by Gasteiger charge is -2.35. The third kappa shape index (κ3) is 5.98. The Kier molecular flexibility index (Phi) is 7.09. The van der Waals surface area contributed by atoms with Crippen molar-refractivity contribution >= 4 is 27.4 Å². The highest BCUT2D eigenvalue weighted by Crippen LogP contribution is 2.17. The number of piperazine rings is 1. The number of nitrogens with one attached hydrogen (secondary N) is 1. The van der Waals surface area contributed by atoms with Gasteiger partial charge in [0.15, 0.2) is 5.69 Å². The second-order valence-electron chi connectivity index (χ2n) is 8.89. The molecular weight excluding hydrogens is 434 g/mol. The molecule has 0 bridgehead atoms. The van der Waals surface area contributed by atoms with Crippen molar-refractivity contribution in [2.45, 2.75) is 37.9 Å². The van der Waals surface area contributed by atoms with Gasteiger partial charge in [-0.05, 0) is 45.9 Å². The fourth-order valence-electron chi connectivity index (χ4n) is 3.51. The van der Waals surface area contributed by atoms with Crippen LogP contribution < -0.4 is 5.32 Å². The molecular formula is C21H31N5O5S. The molecule has 1 aliphatic rings. The second kappa shape index (κ2) is 9.45. The molecule has 1 fully saturated rings. The van der Waals surface area contributed by atoms with Gasteiger partial charge >= 0.3 is 6.09 Å². The van der Waals surface area contributed by atoms with Gasteiger partial charge in [-0.15, -0.1) is 0 Å². The molecule has 176 valence electrons. The number of aromatic nitrogens is 2. The van der Waals surface area contributed by atoms with E-state index in [1.165, 1.54) is 4.40 Å². The molecule has 3 rings (SSSR count). The largest absolute Gasteiger partial charge is 0.444 e. The van der Waals surface area contributed by atoms with Crippen LogP contribution in [-0.2, 0) is 14.6 Å². The number of nitrogens with zero attached hydrogens (tertiary/aromatic N) is 4. The average molecular weight is 466 g/mol. The van der Waals surface area contributed by atoms with Crippen molar-refractivity contribution in [3.63, 3.8) is 0 Å². The maximum atomic E-state index is 12.6. The van der Waals surface area contributed by atoms with Gasteiger partial charge in [0.2, 0.25) is 15.0 Å². The molecule has 0 radical (unpaired) electrons. The van der Waals surface area contributed by atoms with E-state index >= 15 is 0 Å². The summed E-state index contributed by atoms with van der Waals surface area (Å²) in [5.41, 5.74) is 0.0372. The molecule has 0 spiro atoms. The maximum absolute atomic E-state index is 12.6. The normalized spacial score (nSPS) is 15.7. The van der Waals surface area contributed by atoms with Gasteiger partial charge in [0, 0.05) is 45.2 Å². The SMILES string of the molecule is CC(C)(C)OC(=O)N1CCN(CCCNC(=O)c2nc(S(C)(=O)=O)n3ccccc23)CC1. The molecule has 0 unspecified atom stereocenters. The van der Waals surface area contributed by atoms with Gasteiger partial charge in [-0.1, -0.05) is 6.07 Å². The van der Waals surface area contributed by atoms with E-state index in [1.54, 1.807) is 29.3 Å². The van der Waals surface area contributed by atoms with Crippen molar-refractivity contribution in [2.75, 3.05) is 45.5 Å². The molecule has 32 heavy (non-hydrogen) atoms. The topological polar surface area (TPSA) is 113 Å². The van der Waals surface area contributed by atoms with Crippen molar-refractivity contribution in [3.05, 3.63) is 30.1 Å². The molecule has 0 atom stereocenters. The Morgan fingerprint density at radius 3 is 2.47 bits per heavy atom. The molecule has 0 saturated carbocycles. The van der Waals surface area contributed by atoms with E-state index in [0.29, 0.717) is 25.2 Å². The van der Waals surface area contributed by atoms with Gasteiger partial charge in [-0.25, -0.2) is 18.2 Å². The number of imidazole rings is 1. The van der Waals surface area contributed by atoms with E-state index in [-0.39, 0.29) is 16.9 Å². The van der Waals surface area contributed by atoms with Crippen molar-refractivity contribution in [1.82, 2.24) is 24.5 Å². The molecule has 1 aliphatic heterocycles. The summed E-state index contributed by atoms with van der Waals surface area (Å²) in [6, 6.07) is 5.09. The van der Waals surface area contributed by atoms with Gasteiger partial charge in [-0.2, -0.15) is 0 Å². The van der Waals surface area contributed by atoms with Crippen molar-refractivity contribution < 1.29 is 22.7 Å². The molecule has 0 aromatic carbocycles. The Morgan fingerprint density at radius 1 is 1.16 bits per heavy atom. The minimum Gasteiger partial charge on any atom is -0.444 e. The highest BCUT2D eigenvalue weighted by Gasteiger charge is 2.26. The zero-order valence-corrected chi connectivity index (χ0v) is 19.8. The van der Waals surface area contributed by atoms with E-state index in [9.17, 15) is 18.0 Å². The van der Waals surface area contributed by atoms with E-state index in [2.05, 4.69) is 15.2 Å². The summed E-state index contributed by atoms with van der Waals surface area (Å²) < 4.78 is 30.8. The first-order valence-corrected chi connectivity index (χ1v) is 12.5. The third-order valence-corrected chi connectivity index (χ3v) is 5.97. The number of hydrogen-bond acceptors (Lipinski definition) is 7. The number of amides is 2.